The molecule has 0 spiro atoms. The van der Waals surface area contributed by atoms with E-state index in [1.54, 1.807) is 0 Å². The van der Waals surface area contributed by atoms with E-state index >= 15 is 0 Å². The summed E-state index contributed by atoms with van der Waals surface area (Å²) < 4.78 is 0. The predicted molar refractivity (Wildman–Crippen MR) is 75.5 cm³/mol. The molecule has 2 aromatic rings. The Balaban J connectivity index is 2.34. The zero-order chi connectivity index (χ0) is 11.6. The van der Waals surface area contributed by atoms with Crippen molar-refractivity contribution in [1.29, 1.82) is 0 Å². The summed E-state index contributed by atoms with van der Waals surface area (Å²) in [6.45, 7) is 0. The maximum absolute atomic E-state index is 2.32. The van der Waals surface area contributed by atoms with Crippen molar-refractivity contribution < 1.29 is 0 Å². The Morgan fingerprint density at radius 1 is 0.625 bits per heavy atom. The molecule has 0 fully saturated rings. The number of hydrogen-bond donors (Lipinski definition) is 0. The van der Waals surface area contributed by atoms with Gasteiger partial charge >= 0.3 is 0 Å². The third-order valence-corrected chi connectivity index (χ3v) is 4.35. The van der Waals surface area contributed by atoms with Gasteiger partial charge in [-0.15, -0.1) is 0 Å². The Labute approximate surface area is 99.6 Å². The summed E-state index contributed by atoms with van der Waals surface area (Å²) in [5.74, 6) is 0. The Bertz CT molecular complexity index is 449. The number of benzene rings is 2. The molecule has 0 bridgehead atoms. The Morgan fingerprint density at radius 2 is 1.12 bits per heavy atom. The summed E-state index contributed by atoms with van der Waals surface area (Å²) in [5.41, 5.74) is 2.59. The van der Waals surface area contributed by atoms with Crippen molar-refractivity contribution in [2.45, 2.75) is 4.90 Å². The molecule has 1 heteroatoms. The van der Waals surface area contributed by atoms with Crippen LogP contribution in [0, 0.1) is 0 Å². The molecule has 16 heavy (non-hydrogen) atoms. The van der Waals surface area contributed by atoms with Crippen LogP contribution in [0.5, 0.6) is 0 Å². The molecular formula is C15H18S. The third-order valence-electron chi connectivity index (χ3n) is 2.67. The molecule has 2 rings (SSSR count). The topological polar surface area (TPSA) is 0 Å². The molecule has 0 aliphatic rings. The van der Waals surface area contributed by atoms with E-state index in [-0.39, 0.29) is 0 Å². The fourth-order valence-corrected chi connectivity index (χ4v) is 2.64. The molecule has 0 saturated carbocycles. The van der Waals surface area contributed by atoms with Crippen LogP contribution in [0.25, 0.3) is 11.1 Å². The summed E-state index contributed by atoms with van der Waals surface area (Å²) in [5, 5.41) is 0. The highest BCUT2D eigenvalue weighted by molar-refractivity contribution is 8.32. The van der Waals surface area contributed by atoms with Crippen molar-refractivity contribution in [2.75, 3.05) is 18.8 Å². The molecule has 0 heterocycles. The summed E-state index contributed by atoms with van der Waals surface area (Å²) in [7, 11) is -0.602. The van der Waals surface area contributed by atoms with Gasteiger partial charge in [0.25, 0.3) is 0 Å². The van der Waals surface area contributed by atoms with E-state index in [1.165, 1.54) is 16.0 Å². The molecule has 0 nitrogen and oxygen atoms in total. The van der Waals surface area contributed by atoms with Crippen LogP contribution in [0.15, 0.2) is 59.5 Å². The molecule has 84 valence electrons. The normalized spacial score (nSPS) is 12.4. The fraction of sp³-hybridized carbons (Fsp3) is 0.200. The smallest absolute Gasteiger partial charge is 0.0106 e. The standard InChI is InChI=1S/C15H18S/c1-16(2,3)15-11-9-14(10-12-15)13-7-5-4-6-8-13/h4-12H,1-3H3. The molecule has 0 amide bonds. The molecule has 0 aromatic heterocycles. The second-order valence-electron chi connectivity index (χ2n) is 4.73. The number of hydrogen-bond acceptors (Lipinski definition) is 0. The molecule has 0 aliphatic heterocycles. The lowest BCUT2D eigenvalue weighted by atomic mass is 10.1. The summed E-state index contributed by atoms with van der Waals surface area (Å²) >= 11 is 0. The van der Waals surface area contributed by atoms with Crippen LogP contribution >= 0.6 is 10.0 Å². The zero-order valence-electron chi connectivity index (χ0n) is 10.1. The van der Waals surface area contributed by atoms with E-state index in [2.05, 4.69) is 73.4 Å². The second kappa shape index (κ2) is 4.34. The van der Waals surface area contributed by atoms with Crippen LogP contribution in [-0.2, 0) is 0 Å². The molecule has 2 aromatic carbocycles. The lowest BCUT2D eigenvalue weighted by Crippen LogP contribution is -1.92. The van der Waals surface area contributed by atoms with Gasteiger partial charge in [0.05, 0.1) is 0 Å². The minimum Gasteiger partial charge on any atom is -0.223 e. The van der Waals surface area contributed by atoms with Crippen LogP contribution < -0.4 is 0 Å². The van der Waals surface area contributed by atoms with Gasteiger partial charge < -0.3 is 0 Å². The zero-order valence-corrected chi connectivity index (χ0v) is 10.9. The molecule has 0 unspecified atom stereocenters. The van der Waals surface area contributed by atoms with Crippen LogP contribution in [-0.4, -0.2) is 18.8 Å². The Kier molecular flexibility index (Phi) is 3.06. The summed E-state index contributed by atoms with van der Waals surface area (Å²) in [6, 6.07) is 19.5. The Morgan fingerprint density at radius 3 is 1.62 bits per heavy atom. The third kappa shape index (κ3) is 2.48. The average Bonchev–Trinajstić information content (AvgIpc) is 2.29. The molecule has 0 saturated heterocycles. The fourth-order valence-electron chi connectivity index (χ4n) is 1.69. The van der Waals surface area contributed by atoms with Crippen molar-refractivity contribution in [3.8, 4) is 11.1 Å². The SMILES string of the molecule is CS(C)(C)c1ccc(-c2ccccc2)cc1. The molecule has 0 N–H and O–H groups in total. The monoisotopic (exact) mass is 230 g/mol. The predicted octanol–water partition coefficient (Wildman–Crippen LogP) is 4.41. The highest BCUT2D eigenvalue weighted by Crippen LogP contribution is 2.45. The van der Waals surface area contributed by atoms with Crippen LogP contribution in [0.3, 0.4) is 0 Å². The Hall–Kier alpha value is -1.21. The first-order chi connectivity index (χ1) is 7.57. The molecular weight excluding hydrogens is 212 g/mol. The minimum atomic E-state index is -0.602. The first kappa shape index (κ1) is 11.3. The van der Waals surface area contributed by atoms with Crippen molar-refractivity contribution in [1.82, 2.24) is 0 Å². The summed E-state index contributed by atoms with van der Waals surface area (Å²) in [6.07, 6.45) is 6.97. The van der Waals surface area contributed by atoms with E-state index in [1.807, 2.05) is 0 Å². The molecule has 0 radical (unpaired) electrons. The van der Waals surface area contributed by atoms with Gasteiger partial charge in [0.15, 0.2) is 0 Å². The van der Waals surface area contributed by atoms with Gasteiger partial charge in [-0.25, -0.2) is 10.0 Å². The van der Waals surface area contributed by atoms with Crippen LogP contribution in [0.2, 0.25) is 0 Å². The lowest BCUT2D eigenvalue weighted by molar-refractivity contribution is 1.43. The van der Waals surface area contributed by atoms with Crippen molar-refractivity contribution in [2.24, 2.45) is 0 Å². The maximum atomic E-state index is 2.32. The van der Waals surface area contributed by atoms with Gasteiger partial charge in [0.1, 0.15) is 0 Å². The van der Waals surface area contributed by atoms with Crippen molar-refractivity contribution in [3.63, 3.8) is 0 Å². The quantitative estimate of drug-likeness (QED) is 0.717. The number of rotatable bonds is 2. The van der Waals surface area contributed by atoms with E-state index in [9.17, 15) is 0 Å². The van der Waals surface area contributed by atoms with Gasteiger partial charge in [-0.05, 0) is 46.9 Å². The summed E-state index contributed by atoms with van der Waals surface area (Å²) in [4.78, 5) is 1.46. The first-order valence-electron chi connectivity index (χ1n) is 5.41. The van der Waals surface area contributed by atoms with E-state index in [4.69, 9.17) is 0 Å². The highest BCUT2D eigenvalue weighted by Gasteiger charge is 2.07. The van der Waals surface area contributed by atoms with Crippen molar-refractivity contribution >= 4 is 10.0 Å². The highest BCUT2D eigenvalue weighted by atomic mass is 32.3. The molecule has 0 aliphatic carbocycles. The average molecular weight is 230 g/mol. The largest absolute Gasteiger partial charge is 0.223 e. The van der Waals surface area contributed by atoms with Crippen LogP contribution in [0.4, 0.5) is 0 Å². The van der Waals surface area contributed by atoms with Crippen molar-refractivity contribution in [3.05, 3.63) is 54.6 Å². The minimum absolute atomic E-state index is 0.602. The molecule has 0 atom stereocenters. The first-order valence-corrected chi connectivity index (χ1v) is 8.27. The van der Waals surface area contributed by atoms with E-state index in [0.29, 0.717) is 0 Å². The van der Waals surface area contributed by atoms with Gasteiger partial charge in [-0.3, -0.25) is 0 Å². The van der Waals surface area contributed by atoms with Crippen LogP contribution in [0.1, 0.15) is 0 Å². The van der Waals surface area contributed by atoms with Gasteiger partial charge in [0.2, 0.25) is 0 Å². The van der Waals surface area contributed by atoms with E-state index < -0.39 is 10.0 Å². The van der Waals surface area contributed by atoms with Gasteiger partial charge in [-0.2, -0.15) is 0 Å². The maximum Gasteiger partial charge on any atom is -0.0106 e. The van der Waals surface area contributed by atoms with E-state index in [0.717, 1.165) is 0 Å². The van der Waals surface area contributed by atoms with Gasteiger partial charge in [0, 0.05) is 0 Å². The second-order valence-corrected chi connectivity index (χ2v) is 8.87. The lowest BCUT2D eigenvalue weighted by Gasteiger charge is -2.25. The van der Waals surface area contributed by atoms with Gasteiger partial charge in [-0.1, -0.05) is 42.5 Å².